The highest BCUT2D eigenvalue weighted by Crippen LogP contribution is 2.20. The third-order valence-electron chi connectivity index (χ3n) is 2.35. The van der Waals surface area contributed by atoms with Crippen LogP contribution >= 0.6 is 15.9 Å². The summed E-state index contributed by atoms with van der Waals surface area (Å²) in [7, 11) is 1.94. The Labute approximate surface area is 104 Å². The fourth-order valence-corrected chi connectivity index (χ4v) is 1.83. The number of nitrogens with one attached hydrogen (secondary N) is 1. The van der Waals surface area contributed by atoms with Crippen LogP contribution in [0.2, 0.25) is 0 Å². The number of hydrogen-bond acceptors (Lipinski definition) is 2. The second kappa shape index (κ2) is 5.23. The summed E-state index contributed by atoms with van der Waals surface area (Å²) in [5, 5.41) is 3.14. The van der Waals surface area contributed by atoms with E-state index >= 15 is 0 Å². The molecule has 0 bridgehead atoms. The molecule has 0 saturated heterocycles. The lowest BCUT2D eigenvalue weighted by Crippen LogP contribution is -2.05. The van der Waals surface area contributed by atoms with Crippen molar-refractivity contribution < 1.29 is 0 Å². The van der Waals surface area contributed by atoms with Gasteiger partial charge < -0.3 is 5.32 Å². The minimum atomic E-state index is 0.867. The Morgan fingerprint density at radius 1 is 1.19 bits per heavy atom. The van der Waals surface area contributed by atoms with Gasteiger partial charge in [-0.3, -0.25) is 4.98 Å². The van der Waals surface area contributed by atoms with Crippen molar-refractivity contribution >= 4 is 15.9 Å². The maximum atomic E-state index is 4.38. The zero-order valence-electron chi connectivity index (χ0n) is 9.07. The zero-order chi connectivity index (χ0) is 11.4. The van der Waals surface area contributed by atoms with Crippen LogP contribution in [0.15, 0.2) is 47.1 Å². The molecule has 1 heterocycles. The van der Waals surface area contributed by atoms with Crippen molar-refractivity contribution in [1.29, 1.82) is 0 Å². The monoisotopic (exact) mass is 276 g/mol. The van der Waals surface area contributed by atoms with Gasteiger partial charge in [-0.25, -0.2) is 0 Å². The molecule has 3 heteroatoms. The van der Waals surface area contributed by atoms with Gasteiger partial charge in [-0.1, -0.05) is 28.1 Å². The van der Waals surface area contributed by atoms with E-state index in [0.29, 0.717) is 0 Å². The fourth-order valence-electron chi connectivity index (χ4n) is 1.57. The molecule has 0 aliphatic carbocycles. The van der Waals surface area contributed by atoms with E-state index < -0.39 is 0 Å². The lowest BCUT2D eigenvalue weighted by atomic mass is 10.1. The first-order valence-electron chi connectivity index (χ1n) is 5.15. The highest BCUT2D eigenvalue weighted by Gasteiger charge is 2.00. The summed E-state index contributed by atoms with van der Waals surface area (Å²) in [6.45, 7) is 0.867. The predicted octanol–water partition coefficient (Wildman–Crippen LogP) is 3.23. The molecule has 2 rings (SSSR count). The van der Waals surface area contributed by atoms with E-state index in [4.69, 9.17) is 0 Å². The van der Waals surface area contributed by atoms with Crippen LogP contribution < -0.4 is 5.32 Å². The van der Waals surface area contributed by atoms with Gasteiger partial charge in [0, 0.05) is 22.8 Å². The van der Waals surface area contributed by atoms with Crippen LogP contribution in [0.3, 0.4) is 0 Å². The number of rotatable bonds is 3. The summed E-state index contributed by atoms with van der Waals surface area (Å²) in [5.74, 6) is 0. The standard InChI is InChI=1S/C13H13BrN2/c1-15-9-10-6-7-16-13(8-10)11-2-4-12(14)5-3-11/h2-8,15H,9H2,1H3. The number of hydrogen-bond donors (Lipinski definition) is 1. The van der Waals surface area contributed by atoms with Gasteiger partial charge in [0.2, 0.25) is 0 Å². The van der Waals surface area contributed by atoms with E-state index in [0.717, 1.165) is 22.3 Å². The molecule has 0 atom stereocenters. The third-order valence-corrected chi connectivity index (χ3v) is 2.87. The first-order valence-corrected chi connectivity index (χ1v) is 5.94. The molecule has 0 amide bonds. The molecule has 2 aromatic rings. The van der Waals surface area contributed by atoms with Crippen LogP contribution in [0.5, 0.6) is 0 Å². The molecule has 0 unspecified atom stereocenters. The molecule has 0 aliphatic rings. The fraction of sp³-hybridized carbons (Fsp3) is 0.154. The van der Waals surface area contributed by atoms with Gasteiger partial charge in [0.05, 0.1) is 5.69 Å². The molecular weight excluding hydrogens is 264 g/mol. The molecule has 1 aromatic heterocycles. The first-order chi connectivity index (χ1) is 7.79. The van der Waals surface area contributed by atoms with Crippen LogP contribution in [0.4, 0.5) is 0 Å². The van der Waals surface area contributed by atoms with Gasteiger partial charge >= 0.3 is 0 Å². The summed E-state index contributed by atoms with van der Waals surface area (Å²) in [6, 6.07) is 12.3. The molecule has 0 aliphatic heterocycles. The summed E-state index contributed by atoms with van der Waals surface area (Å²) in [4.78, 5) is 4.38. The molecule has 0 spiro atoms. The van der Waals surface area contributed by atoms with Crippen molar-refractivity contribution in [2.45, 2.75) is 6.54 Å². The van der Waals surface area contributed by atoms with Gasteiger partial charge in [0.1, 0.15) is 0 Å². The molecule has 16 heavy (non-hydrogen) atoms. The average Bonchev–Trinajstić information content (AvgIpc) is 2.31. The number of aromatic nitrogens is 1. The summed E-state index contributed by atoms with van der Waals surface area (Å²) >= 11 is 3.43. The molecule has 0 fully saturated rings. The van der Waals surface area contributed by atoms with Crippen molar-refractivity contribution in [2.75, 3.05) is 7.05 Å². The number of nitrogens with zero attached hydrogens (tertiary/aromatic N) is 1. The van der Waals surface area contributed by atoms with Crippen molar-refractivity contribution in [3.63, 3.8) is 0 Å². The van der Waals surface area contributed by atoms with Crippen molar-refractivity contribution in [3.8, 4) is 11.3 Å². The molecule has 0 saturated carbocycles. The topological polar surface area (TPSA) is 24.9 Å². The molecule has 1 aromatic carbocycles. The Bertz CT molecular complexity index is 466. The van der Waals surface area contributed by atoms with Crippen molar-refractivity contribution in [3.05, 3.63) is 52.6 Å². The van der Waals surface area contributed by atoms with Gasteiger partial charge in [-0.05, 0) is 36.9 Å². The van der Waals surface area contributed by atoms with E-state index in [1.165, 1.54) is 5.56 Å². The first kappa shape index (κ1) is 11.3. The molecule has 82 valence electrons. The minimum Gasteiger partial charge on any atom is -0.316 e. The Morgan fingerprint density at radius 2 is 1.94 bits per heavy atom. The van der Waals surface area contributed by atoms with E-state index in [-0.39, 0.29) is 0 Å². The number of benzene rings is 1. The van der Waals surface area contributed by atoms with Gasteiger partial charge in [0.15, 0.2) is 0 Å². The Kier molecular flexibility index (Phi) is 3.70. The highest BCUT2D eigenvalue weighted by atomic mass is 79.9. The molecule has 0 radical (unpaired) electrons. The molecule has 2 nitrogen and oxygen atoms in total. The lowest BCUT2D eigenvalue weighted by molar-refractivity contribution is 0.816. The van der Waals surface area contributed by atoms with Crippen LogP contribution in [0, 0.1) is 0 Å². The van der Waals surface area contributed by atoms with Crippen LogP contribution in [-0.2, 0) is 6.54 Å². The van der Waals surface area contributed by atoms with E-state index in [1.54, 1.807) is 0 Å². The summed E-state index contributed by atoms with van der Waals surface area (Å²) < 4.78 is 1.09. The Hall–Kier alpha value is -1.19. The smallest absolute Gasteiger partial charge is 0.0705 e. The Morgan fingerprint density at radius 3 is 2.62 bits per heavy atom. The number of pyridine rings is 1. The van der Waals surface area contributed by atoms with Crippen molar-refractivity contribution in [1.82, 2.24) is 10.3 Å². The van der Waals surface area contributed by atoms with Crippen LogP contribution in [0.25, 0.3) is 11.3 Å². The van der Waals surface area contributed by atoms with Gasteiger partial charge in [0.25, 0.3) is 0 Å². The highest BCUT2D eigenvalue weighted by molar-refractivity contribution is 9.10. The predicted molar refractivity (Wildman–Crippen MR) is 70.1 cm³/mol. The van der Waals surface area contributed by atoms with Crippen molar-refractivity contribution in [2.24, 2.45) is 0 Å². The second-order valence-corrected chi connectivity index (χ2v) is 4.50. The maximum Gasteiger partial charge on any atom is 0.0705 e. The normalized spacial score (nSPS) is 10.4. The summed E-state index contributed by atoms with van der Waals surface area (Å²) in [6.07, 6.45) is 1.85. The zero-order valence-corrected chi connectivity index (χ0v) is 10.7. The summed E-state index contributed by atoms with van der Waals surface area (Å²) in [5.41, 5.74) is 3.40. The minimum absolute atomic E-state index is 0.867. The van der Waals surface area contributed by atoms with E-state index in [2.05, 4.69) is 44.4 Å². The van der Waals surface area contributed by atoms with Gasteiger partial charge in [-0.15, -0.1) is 0 Å². The van der Waals surface area contributed by atoms with Crippen LogP contribution in [0.1, 0.15) is 5.56 Å². The molecule has 1 N–H and O–H groups in total. The average molecular weight is 277 g/mol. The number of halogens is 1. The maximum absolute atomic E-state index is 4.38. The Balaban J connectivity index is 2.32. The van der Waals surface area contributed by atoms with Crippen LogP contribution in [-0.4, -0.2) is 12.0 Å². The van der Waals surface area contributed by atoms with Gasteiger partial charge in [-0.2, -0.15) is 0 Å². The molecular formula is C13H13BrN2. The van der Waals surface area contributed by atoms with E-state index in [9.17, 15) is 0 Å². The van der Waals surface area contributed by atoms with E-state index in [1.807, 2.05) is 31.4 Å². The largest absolute Gasteiger partial charge is 0.316 e. The SMILES string of the molecule is CNCc1ccnc(-c2ccc(Br)cc2)c1. The quantitative estimate of drug-likeness (QED) is 0.931. The lowest BCUT2D eigenvalue weighted by Gasteiger charge is -2.04. The third kappa shape index (κ3) is 2.68. The second-order valence-electron chi connectivity index (χ2n) is 3.59.